The number of rotatable bonds is 2. The van der Waals surface area contributed by atoms with Crippen molar-refractivity contribution in [1.29, 1.82) is 0 Å². The van der Waals surface area contributed by atoms with Crippen molar-refractivity contribution in [2.75, 3.05) is 0 Å². The average molecular weight is 202 g/mol. The van der Waals surface area contributed by atoms with Gasteiger partial charge < -0.3 is 5.73 Å². The molecule has 0 spiro atoms. The van der Waals surface area contributed by atoms with E-state index in [9.17, 15) is 4.79 Å². The van der Waals surface area contributed by atoms with Crippen LogP contribution in [-0.4, -0.2) is 11.6 Å². The van der Waals surface area contributed by atoms with E-state index in [1.807, 2.05) is 12.1 Å². The zero-order valence-electron chi connectivity index (χ0n) is 8.95. The number of aliphatic imine (C=N–C) groups is 1. The lowest BCUT2D eigenvalue weighted by Gasteiger charge is -2.02. The minimum atomic E-state index is -0.379. The van der Waals surface area contributed by atoms with Gasteiger partial charge in [-0.1, -0.05) is 13.8 Å². The van der Waals surface area contributed by atoms with Gasteiger partial charge in [0.2, 0.25) is 5.91 Å². The first-order chi connectivity index (χ1) is 7.08. The van der Waals surface area contributed by atoms with E-state index in [1.165, 1.54) is 5.71 Å². The molecule has 3 heteroatoms. The van der Waals surface area contributed by atoms with Gasteiger partial charge in [0.15, 0.2) is 0 Å². The molecule has 1 aromatic rings. The molecule has 0 saturated heterocycles. The Morgan fingerprint density at radius 3 is 2.80 bits per heavy atom. The van der Waals surface area contributed by atoms with Crippen LogP contribution >= 0.6 is 0 Å². The number of benzene rings is 1. The molecule has 0 radical (unpaired) electrons. The molecule has 0 fully saturated rings. The van der Waals surface area contributed by atoms with Gasteiger partial charge in [-0.2, -0.15) is 0 Å². The maximum Gasteiger partial charge on any atom is 0.248 e. The van der Waals surface area contributed by atoms with Crippen LogP contribution in [0.5, 0.6) is 0 Å². The molecule has 1 amide bonds. The molecule has 0 bridgehead atoms. The molecule has 1 aliphatic rings. The molecule has 1 heterocycles. The fraction of sp³-hybridized carbons (Fsp3) is 0.333. The summed E-state index contributed by atoms with van der Waals surface area (Å²) in [5.74, 6) is 0.0743. The molecule has 0 unspecified atom stereocenters. The van der Waals surface area contributed by atoms with Crippen molar-refractivity contribution in [3.8, 4) is 0 Å². The number of hydrogen-bond donors (Lipinski definition) is 1. The predicted octanol–water partition coefficient (Wildman–Crippen LogP) is 2.07. The second kappa shape index (κ2) is 3.50. The van der Waals surface area contributed by atoms with Crippen LogP contribution in [0.4, 0.5) is 5.69 Å². The van der Waals surface area contributed by atoms with Crippen LogP contribution in [-0.2, 0) is 6.42 Å². The van der Waals surface area contributed by atoms with Crippen molar-refractivity contribution >= 4 is 17.3 Å². The van der Waals surface area contributed by atoms with Crippen molar-refractivity contribution < 1.29 is 4.79 Å². The van der Waals surface area contributed by atoms with Gasteiger partial charge in [0.05, 0.1) is 5.69 Å². The van der Waals surface area contributed by atoms with Crippen LogP contribution in [0.2, 0.25) is 0 Å². The third-order valence-corrected chi connectivity index (χ3v) is 2.67. The number of amides is 1. The van der Waals surface area contributed by atoms with Crippen LogP contribution in [0, 0.1) is 5.92 Å². The highest BCUT2D eigenvalue weighted by molar-refractivity contribution is 5.98. The van der Waals surface area contributed by atoms with E-state index in [4.69, 9.17) is 5.73 Å². The quantitative estimate of drug-likeness (QED) is 0.784. The van der Waals surface area contributed by atoms with Crippen molar-refractivity contribution in [2.45, 2.75) is 20.3 Å². The van der Waals surface area contributed by atoms with Crippen LogP contribution < -0.4 is 5.73 Å². The summed E-state index contributed by atoms with van der Waals surface area (Å²) in [6, 6.07) is 5.44. The zero-order valence-corrected chi connectivity index (χ0v) is 8.95. The molecule has 0 aromatic heterocycles. The average Bonchev–Trinajstić information content (AvgIpc) is 2.59. The van der Waals surface area contributed by atoms with E-state index in [2.05, 4.69) is 18.8 Å². The molecule has 3 nitrogen and oxygen atoms in total. The zero-order chi connectivity index (χ0) is 11.0. The van der Waals surface area contributed by atoms with Gasteiger partial charge in [-0.05, 0) is 29.7 Å². The maximum absolute atomic E-state index is 11.0. The third-order valence-electron chi connectivity index (χ3n) is 2.67. The summed E-state index contributed by atoms with van der Waals surface area (Å²) in [6.07, 6.45) is 0.841. The molecule has 78 valence electrons. The summed E-state index contributed by atoms with van der Waals surface area (Å²) in [5, 5.41) is 0. The first kappa shape index (κ1) is 9.90. The number of nitrogens with two attached hydrogens (primary N) is 1. The Morgan fingerprint density at radius 1 is 1.47 bits per heavy atom. The summed E-state index contributed by atoms with van der Waals surface area (Å²) in [7, 11) is 0. The number of nitrogens with zero attached hydrogens (tertiary/aromatic N) is 1. The molecule has 1 aromatic carbocycles. The lowest BCUT2D eigenvalue weighted by Crippen LogP contribution is -2.11. The van der Waals surface area contributed by atoms with Crippen molar-refractivity contribution in [2.24, 2.45) is 16.6 Å². The van der Waals surface area contributed by atoms with Gasteiger partial charge in [0.25, 0.3) is 0 Å². The van der Waals surface area contributed by atoms with Gasteiger partial charge in [-0.3, -0.25) is 9.79 Å². The molecular formula is C12H14N2O. The van der Waals surface area contributed by atoms with E-state index in [1.54, 1.807) is 6.07 Å². The number of primary amides is 1. The van der Waals surface area contributed by atoms with Crippen LogP contribution in [0.15, 0.2) is 23.2 Å². The van der Waals surface area contributed by atoms with E-state index in [0.29, 0.717) is 11.5 Å². The first-order valence-corrected chi connectivity index (χ1v) is 5.08. The Morgan fingerprint density at radius 2 is 2.20 bits per heavy atom. The molecule has 15 heavy (non-hydrogen) atoms. The highest BCUT2D eigenvalue weighted by Gasteiger charge is 2.17. The Hall–Kier alpha value is -1.64. The Balaban J connectivity index is 2.34. The first-order valence-electron chi connectivity index (χ1n) is 5.08. The number of carbonyl (C=O) groups is 1. The Kier molecular flexibility index (Phi) is 2.31. The molecule has 0 atom stereocenters. The highest BCUT2D eigenvalue weighted by atomic mass is 16.1. The van der Waals surface area contributed by atoms with Crippen LogP contribution in [0.3, 0.4) is 0 Å². The molecular weight excluding hydrogens is 188 g/mol. The summed E-state index contributed by atoms with van der Waals surface area (Å²) in [6.45, 7) is 4.25. The SMILES string of the molecule is CC(C)C1=Nc2ccc(C(N)=O)cc2C1. The second-order valence-corrected chi connectivity index (χ2v) is 4.14. The highest BCUT2D eigenvalue weighted by Crippen LogP contribution is 2.29. The number of hydrogen-bond acceptors (Lipinski definition) is 2. The van der Waals surface area contributed by atoms with Gasteiger partial charge in [-0.25, -0.2) is 0 Å². The molecule has 0 saturated carbocycles. The van der Waals surface area contributed by atoms with E-state index in [0.717, 1.165) is 17.7 Å². The predicted molar refractivity (Wildman–Crippen MR) is 60.6 cm³/mol. The summed E-state index contributed by atoms with van der Waals surface area (Å²) in [4.78, 5) is 15.5. The van der Waals surface area contributed by atoms with E-state index < -0.39 is 0 Å². The van der Waals surface area contributed by atoms with Gasteiger partial charge in [-0.15, -0.1) is 0 Å². The van der Waals surface area contributed by atoms with Crippen LogP contribution in [0.1, 0.15) is 29.8 Å². The summed E-state index contributed by atoms with van der Waals surface area (Å²) >= 11 is 0. The van der Waals surface area contributed by atoms with Crippen molar-refractivity contribution in [1.82, 2.24) is 0 Å². The molecule has 1 aliphatic heterocycles. The van der Waals surface area contributed by atoms with Crippen molar-refractivity contribution in [3.63, 3.8) is 0 Å². The Bertz CT molecular complexity index is 447. The fourth-order valence-electron chi connectivity index (χ4n) is 1.71. The minimum Gasteiger partial charge on any atom is -0.366 e. The van der Waals surface area contributed by atoms with Gasteiger partial charge in [0.1, 0.15) is 0 Å². The van der Waals surface area contributed by atoms with Crippen molar-refractivity contribution in [3.05, 3.63) is 29.3 Å². The van der Waals surface area contributed by atoms with Crippen LogP contribution in [0.25, 0.3) is 0 Å². The number of fused-ring (bicyclic) bond motifs is 1. The van der Waals surface area contributed by atoms with Gasteiger partial charge in [0, 0.05) is 17.7 Å². The molecule has 2 rings (SSSR count). The summed E-state index contributed by atoms with van der Waals surface area (Å²) < 4.78 is 0. The molecule has 2 N–H and O–H groups in total. The Labute approximate surface area is 89.0 Å². The summed E-state index contributed by atoms with van der Waals surface area (Å²) in [5.41, 5.74) is 9.04. The topological polar surface area (TPSA) is 55.4 Å². The minimum absolute atomic E-state index is 0.379. The standard InChI is InChI=1S/C12H14N2O/c1-7(2)11-6-9-5-8(12(13)15)3-4-10(9)14-11/h3-5,7H,6H2,1-2H3,(H2,13,15). The van der Waals surface area contributed by atoms with E-state index >= 15 is 0 Å². The second-order valence-electron chi connectivity index (χ2n) is 4.14. The monoisotopic (exact) mass is 202 g/mol. The smallest absolute Gasteiger partial charge is 0.248 e. The fourth-order valence-corrected chi connectivity index (χ4v) is 1.71. The third kappa shape index (κ3) is 1.77. The molecule has 0 aliphatic carbocycles. The largest absolute Gasteiger partial charge is 0.366 e. The van der Waals surface area contributed by atoms with E-state index in [-0.39, 0.29) is 5.91 Å². The number of carbonyl (C=O) groups excluding carboxylic acids is 1. The lowest BCUT2D eigenvalue weighted by molar-refractivity contribution is 0.100. The lowest BCUT2D eigenvalue weighted by atomic mass is 10.0. The maximum atomic E-state index is 11.0. The normalized spacial score (nSPS) is 13.9. The van der Waals surface area contributed by atoms with Gasteiger partial charge >= 0.3 is 0 Å².